The van der Waals surface area contributed by atoms with Gasteiger partial charge in [0.05, 0.1) is 0 Å². The molecular weight excluding hydrogens is 328 g/mol. The summed E-state index contributed by atoms with van der Waals surface area (Å²) in [6.07, 6.45) is -0.965. The number of carbonyl (C=O) groups excluding carboxylic acids is 4. The summed E-state index contributed by atoms with van der Waals surface area (Å²) in [6, 6.07) is 0. The van der Waals surface area contributed by atoms with Gasteiger partial charge >= 0.3 is 17.1 Å². The number of carbonyl (C=O) groups is 4. The van der Waals surface area contributed by atoms with Crippen molar-refractivity contribution in [2.45, 2.75) is 54.4 Å². The van der Waals surface area contributed by atoms with Crippen LogP contribution in [0.5, 0.6) is 0 Å². The third-order valence-electron chi connectivity index (χ3n) is 2.28. The fourth-order valence-electron chi connectivity index (χ4n) is 0.793. The van der Waals surface area contributed by atoms with E-state index in [-0.39, 0.29) is 28.6 Å². The molecule has 0 atom stereocenters. The van der Waals surface area contributed by atoms with Gasteiger partial charge in [-0.15, -0.1) is 0 Å². The molecule has 6 nitrogen and oxygen atoms in total. The molecule has 0 amide bonds. The second-order valence-electron chi connectivity index (χ2n) is 6.44. The normalized spacial score (nSPS) is 10.6. The van der Waals surface area contributed by atoms with Crippen LogP contribution in [0.15, 0.2) is 0 Å². The Bertz CT molecular complexity index is 349. The Labute approximate surface area is 135 Å². The van der Waals surface area contributed by atoms with Gasteiger partial charge in [-0.2, -0.15) is 0 Å². The van der Waals surface area contributed by atoms with E-state index in [9.17, 15) is 29.4 Å². The summed E-state index contributed by atoms with van der Waals surface area (Å²) in [5.74, 6) is -3.21. The Morgan fingerprint density at radius 2 is 0.857 bits per heavy atom. The third kappa shape index (κ3) is 15.0. The number of ketones is 2. The van der Waals surface area contributed by atoms with Crippen LogP contribution >= 0.6 is 0 Å². The molecule has 0 aliphatic carbocycles. The Kier molecular flexibility index (Phi) is 11.4. The summed E-state index contributed by atoms with van der Waals surface area (Å²) in [7, 11) is 0. The molecule has 0 aliphatic rings. The molecule has 1 radical (unpaired) electrons. The quantitative estimate of drug-likeness (QED) is 0.498. The summed E-state index contributed by atoms with van der Waals surface area (Å²) in [6.45, 7) is 10.1. The van der Waals surface area contributed by atoms with Crippen LogP contribution in [0, 0.1) is 10.8 Å². The number of Topliss-reactive ketones (excluding diaryl/α,β-unsaturated/α-hetero) is 2. The zero-order valence-corrected chi connectivity index (χ0v) is 14.1. The predicted molar refractivity (Wildman–Crippen MR) is 68.2 cm³/mol. The number of carboxylic acid groups (broad SMARTS) is 2. The number of rotatable bonds is 4. The molecule has 7 heteroatoms. The summed E-state index contributed by atoms with van der Waals surface area (Å²) in [5, 5.41) is 19.8. The molecule has 0 spiro atoms. The van der Waals surface area contributed by atoms with Crippen LogP contribution in [0.2, 0.25) is 0 Å². The van der Waals surface area contributed by atoms with Crippen LogP contribution < -0.4 is 10.2 Å². The van der Waals surface area contributed by atoms with Gasteiger partial charge < -0.3 is 19.8 Å². The van der Waals surface area contributed by atoms with Crippen LogP contribution in [-0.4, -0.2) is 23.5 Å². The maximum atomic E-state index is 10.9. The average Bonchev–Trinajstić information content (AvgIpc) is 2.13. The number of hydrogen-bond acceptors (Lipinski definition) is 6. The van der Waals surface area contributed by atoms with E-state index >= 15 is 0 Å². The van der Waals surface area contributed by atoms with Gasteiger partial charge in [0, 0.05) is 35.6 Å². The number of carboxylic acids is 2. The van der Waals surface area contributed by atoms with Gasteiger partial charge in [-0.3, -0.25) is 9.59 Å². The standard InChI is InChI=1S/2C7H12O3.Cu/c2*1-7(2,3)5(8)4-6(9)10;/h2*4H2,1-3H3,(H,9,10);/q;;+2/p-2. The van der Waals surface area contributed by atoms with Gasteiger partial charge in [-0.05, 0) is 0 Å². The van der Waals surface area contributed by atoms with Crippen LogP contribution in [0.3, 0.4) is 0 Å². The van der Waals surface area contributed by atoms with E-state index in [2.05, 4.69) is 0 Å². The molecule has 0 rings (SSSR count). The molecule has 0 aromatic rings. The third-order valence-corrected chi connectivity index (χ3v) is 2.28. The summed E-state index contributed by atoms with van der Waals surface area (Å²) < 4.78 is 0. The maximum Gasteiger partial charge on any atom is 2.00 e. The molecule has 0 N–H and O–H groups in total. The van der Waals surface area contributed by atoms with E-state index in [1.165, 1.54) is 0 Å². The fourth-order valence-corrected chi connectivity index (χ4v) is 0.793. The second kappa shape index (κ2) is 9.68. The first-order chi connectivity index (χ1) is 8.67. The first kappa shape index (κ1) is 24.8. The van der Waals surface area contributed by atoms with Crippen LogP contribution in [0.25, 0.3) is 0 Å². The smallest absolute Gasteiger partial charge is 0.550 e. The van der Waals surface area contributed by atoms with Crippen molar-refractivity contribution < 1.29 is 46.5 Å². The summed E-state index contributed by atoms with van der Waals surface area (Å²) in [4.78, 5) is 41.6. The maximum absolute atomic E-state index is 10.9. The zero-order valence-electron chi connectivity index (χ0n) is 13.2. The molecule has 0 aromatic heterocycles. The summed E-state index contributed by atoms with van der Waals surface area (Å²) >= 11 is 0. The molecule has 0 bridgehead atoms. The minimum absolute atomic E-state index is 0. The first-order valence-electron chi connectivity index (χ1n) is 6.14. The van der Waals surface area contributed by atoms with E-state index < -0.39 is 35.6 Å². The zero-order chi connectivity index (χ0) is 16.7. The Morgan fingerprint density at radius 1 is 0.667 bits per heavy atom. The molecular formula is C14H22CuO6. The van der Waals surface area contributed by atoms with Gasteiger partial charge in [0.25, 0.3) is 0 Å². The van der Waals surface area contributed by atoms with Crippen molar-refractivity contribution in [3.05, 3.63) is 0 Å². The molecule has 0 saturated heterocycles. The molecule has 0 saturated carbocycles. The molecule has 0 heterocycles. The van der Waals surface area contributed by atoms with Crippen molar-refractivity contribution in [3.63, 3.8) is 0 Å². The van der Waals surface area contributed by atoms with Gasteiger partial charge in [0.1, 0.15) is 11.6 Å². The van der Waals surface area contributed by atoms with Crippen molar-refractivity contribution in [2.24, 2.45) is 10.8 Å². The number of hydrogen-bond donors (Lipinski definition) is 0. The van der Waals surface area contributed by atoms with Crippen molar-refractivity contribution in [1.29, 1.82) is 0 Å². The Balaban J connectivity index is -0.000000295. The Morgan fingerprint density at radius 3 is 0.905 bits per heavy atom. The molecule has 125 valence electrons. The minimum Gasteiger partial charge on any atom is -0.550 e. The minimum atomic E-state index is -1.31. The van der Waals surface area contributed by atoms with Crippen molar-refractivity contribution in [1.82, 2.24) is 0 Å². The molecule has 0 fully saturated rings. The van der Waals surface area contributed by atoms with Gasteiger partial charge in [-0.25, -0.2) is 0 Å². The van der Waals surface area contributed by atoms with E-state index in [0.29, 0.717) is 0 Å². The van der Waals surface area contributed by atoms with Gasteiger partial charge in [0.15, 0.2) is 0 Å². The van der Waals surface area contributed by atoms with Crippen molar-refractivity contribution in [3.8, 4) is 0 Å². The van der Waals surface area contributed by atoms with Gasteiger partial charge in [0.2, 0.25) is 0 Å². The molecule has 0 unspecified atom stereocenters. The van der Waals surface area contributed by atoms with E-state index in [0.717, 1.165) is 0 Å². The van der Waals surface area contributed by atoms with Crippen LogP contribution in [-0.2, 0) is 36.2 Å². The number of aliphatic carboxylic acids is 2. The topological polar surface area (TPSA) is 114 Å². The first-order valence-corrected chi connectivity index (χ1v) is 6.14. The summed E-state index contributed by atoms with van der Waals surface area (Å²) in [5.41, 5.74) is -1.14. The molecule has 21 heavy (non-hydrogen) atoms. The van der Waals surface area contributed by atoms with Crippen molar-refractivity contribution >= 4 is 23.5 Å². The van der Waals surface area contributed by atoms with E-state index in [4.69, 9.17) is 0 Å². The second-order valence-corrected chi connectivity index (χ2v) is 6.44. The van der Waals surface area contributed by atoms with Crippen LogP contribution in [0.4, 0.5) is 0 Å². The van der Waals surface area contributed by atoms with Crippen molar-refractivity contribution in [2.75, 3.05) is 0 Å². The average molecular weight is 350 g/mol. The Hall–Kier alpha value is -1.20. The fraction of sp³-hybridized carbons (Fsp3) is 0.714. The van der Waals surface area contributed by atoms with E-state index in [1.807, 2.05) is 0 Å². The SMILES string of the molecule is CC(C)(C)C(=O)CC(=O)[O-].CC(C)(C)C(=O)CC(=O)[O-].[Cu+2]. The van der Waals surface area contributed by atoms with E-state index in [1.54, 1.807) is 41.5 Å². The van der Waals surface area contributed by atoms with Gasteiger partial charge in [-0.1, -0.05) is 41.5 Å². The predicted octanol–water partition coefficient (Wildman–Crippen LogP) is -0.519. The van der Waals surface area contributed by atoms with Crippen LogP contribution in [0.1, 0.15) is 54.4 Å². The molecule has 0 aliphatic heterocycles. The monoisotopic (exact) mass is 349 g/mol. The largest absolute Gasteiger partial charge is 2.00 e. The molecule has 0 aromatic carbocycles.